The molecule has 1 atom stereocenters. The Balaban J connectivity index is 1.58. The topological polar surface area (TPSA) is 63.9 Å². The van der Waals surface area contributed by atoms with E-state index in [0.29, 0.717) is 12.5 Å². The van der Waals surface area contributed by atoms with Gasteiger partial charge in [-0.15, -0.1) is 10.2 Å². The fourth-order valence-corrected chi connectivity index (χ4v) is 4.63. The van der Waals surface area contributed by atoms with Crippen LogP contribution in [0.3, 0.4) is 0 Å². The van der Waals surface area contributed by atoms with Gasteiger partial charge in [-0.25, -0.2) is 0 Å². The summed E-state index contributed by atoms with van der Waals surface area (Å²) in [6.07, 6.45) is 5.68. The van der Waals surface area contributed by atoms with Crippen LogP contribution >= 0.6 is 11.8 Å². The molecule has 0 bridgehead atoms. The maximum Gasteiger partial charge on any atom is 0.235 e. The zero-order valence-corrected chi connectivity index (χ0v) is 18.3. The Labute approximate surface area is 181 Å². The molecular formula is C23H27N5OS. The third-order valence-electron chi connectivity index (χ3n) is 5.56. The Hall–Kier alpha value is -2.67. The molecule has 3 heterocycles. The molecule has 6 nitrogen and oxygen atoms in total. The lowest BCUT2D eigenvalue weighted by Crippen LogP contribution is -2.41. The Kier molecular flexibility index (Phi) is 6.47. The van der Waals surface area contributed by atoms with Gasteiger partial charge in [0.2, 0.25) is 5.91 Å². The second-order valence-corrected chi connectivity index (χ2v) is 9.19. The van der Waals surface area contributed by atoms with Gasteiger partial charge in [-0.3, -0.25) is 14.3 Å². The summed E-state index contributed by atoms with van der Waals surface area (Å²) in [7, 11) is 0. The summed E-state index contributed by atoms with van der Waals surface area (Å²) < 4.78 is 2.09. The highest BCUT2D eigenvalue weighted by Crippen LogP contribution is 2.29. The molecule has 7 heteroatoms. The predicted molar refractivity (Wildman–Crippen MR) is 119 cm³/mol. The van der Waals surface area contributed by atoms with Crippen LogP contribution in [-0.4, -0.2) is 48.9 Å². The minimum absolute atomic E-state index is 0.187. The van der Waals surface area contributed by atoms with E-state index < -0.39 is 0 Å². The van der Waals surface area contributed by atoms with Crippen LogP contribution in [0.4, 0.5) is 0 Å². The lowest BCUT2D eigenvalue weighted by atomic mass is 9.99. The predicted octanol–water partition coefficient (Wildman–Crippen LogP) is 4.13. The van der Waals surface area contributed by atoms with Crippen LogP contribution in [0, 0.1) is 5.92 Å². The zero-order chi connectivity index (χ0) is 20.9. The molecule has 0 saturated carbocycles. The van der Waals surface area contributed by atoms with Gasteiger partial charge >= 0.3 is 0 Å². The first-order valence-corrected chi connectivity index (χ1v) is 11.3. The van der Waals surface area contributed by atoms with E-state index in [9.17, 15) is 4.79 Å². The number of nitrogens with zero attached hydrogens (tertiary/aromatic N) is 5. The Morgan fingerprint density at radius 3 is 2.50 bits per heavy atom. The van der Waals surface area contributed by atoms with E-state index in [0.717, 1.165) is 42.5 Å². The summed E-state index contributed by atoms with van der Waals surface area (Å²) in [5, 5.41) is 9.46. The molecule has 3 aromatic rings. The Morgan fingerprint density at radius 1 is 1.10 bits per heavy atom. The summed E-state index contributed by atoms with van der Waals surface area (Å²) >= 11 is 1.49. The number of carbonyl (C=O) groups is 1. The van der Waals surface area contributed by atoms with Crippen LogP contribution in [0.15, 0.2) is 60.0 Å². The minimum Gasteiger partial charge on any atom is -0.342 e. The molecule has 1 aromatic carbocycles. The van der Waals surface area contributed by atoms with Crippen LogP contribution in [0.25, 0.3) is 11.4 Å². The van der Waals surface area contributed by atoms with E-state index in [-0.39, 0.29) is 11.2 Å². The lowest BCUT2D eigenvalue weighted by Gasteiger charge is -2.32. The largest absolute Gasteiger partial charge is 0.342 e. The SMILES string of the molecule is CC1CCN(C(=O)C(C)Sc2nnc(-c3ccncc3)n2Cc2ccccc2)CC1. The first kappa shape index (κ1) is 20.6. The third kappa shape index (κ3) is 4.73. The Bertz CT molecular complexity index is 968. The van der Waals surface area contributed by atoms with E-state index in [1.807, 2.05) is 42.2 Å². The van der Waals surface area contributed by atoms with E-state index in [1.165, 1.54) is 17.3 Å². The highest BCUT2D eigenvalue weighted by Gasteiger charge is 2.27. The molecule has 0 spiro atoms. The van der Waals surface area contributed by atoms with E-state index in [1.54, 1.807) is 12.4 Å². The smallest absolute Gasteiger partial charge is 0.235 e. The van der Waals surface area contributed by atoms with Crippen molar-refractivity contribution in [1.82, 2.24) is 24.6 Å². The van der Waals surface area contributed by atoms with Gasteiger partial charge in [0.05, 0.1) is 11.8 Å². The normalized spacial score (nSPS) is 15.9. The average Bonchev–Trinajstić information content (AvgIpc) is 3.17. The molecule has 4 rings (SSSR count). The molecule has 0 N–H and O–H groups in total. The second kappa shape index (κ2) is 9.43. The van der Waals surface area contributed by atoms with Crippen molar-refractivity contribution in [2.24, 2.45) is 5.92 Å². The lowest BCUT2D eigenvalue weighted by molar-refractivity contribution is -0.131. The molecule has 1 aliphatic heterocycles. The molecule has 1 amide bonds. The first-order valence-electron chi connectivity index (χ1n) is 10.4. The number of rotatable bonds is 6. The van der Waals surface area contributed by atoms with Crippen molar-refractivity contribution in [3.63, 3.8) is 0 Å². The number of carbonyl (C=O) groups excluding carboxylic acids is 1. The highest BCUT2D eigenvalue weighted by molar-refractivity contribution is 8.00. The van der Waals surface area contributed by atoms with Gasteiger partial charge in [0.1, 0.15) is 0 Å². The van der Waals surface area contributed by atoms with Gasteiger partial charge in [-0.05, 0) is 43.4 Å². The molecule has 156 valence electrons. The van der Waals surface area contributed by atoms with Gasteiger partial charge in [-0.1, -0.05) is 49.0 Å². The maximum atomic E-state index is 13.0. The third-order valence-corrected chi connectivity index (χ3v) is 6.63. The summed E-state index contributed by atoms with van der Waals surface area (Å²) in [4.78, 5) is 19.1. The van der Waals surface area contributed by atoms with Crippen LogP contribution in [-0.2, 0) is 11.3 Å². The quantitative estimate of drug-likeness (QED) is 0.560. The standard InChI is InChI=1S/C23H27N5OS/c1-17-10-14-27(15-11-17)22(29)18(2)30-23-26-25-21(20-8-12-24-13-9-20)28(23)16-19-6-4-3-5-7-19/h3-9,12-13,17-18H,10-11,14-16H2,1-2H3. The Morgan fingerprint density at radius 2 is 1.80 bits per heavy atom. The molecule has 1 saturated heterocycles. The summed E-state index contributed by atoms with van der Waals surface area (Å²) in [5.41, 5.74) is 2.13. The summed E-state index contributed by atoms with van der Waals surface area (Å²) in [6, 6.07) is 14.1. The van der Waals surface area contributed by atoms with Gasteiger partial charge in [0.25, 0.3) is 0 Å². The second-order valence-electron chi connectivity index (χ2n) is 7.88. The van der Waals surface area contributed by atoms with Crippen LogP contribution in [0.5, 0.6) is 0 Å². The van der Waals surface area contributed by atoms with Crippen molar-refractivity contribution in [3.8, 4) is 11.4 Å². The number of benzene rings is 1. The molecule has 2 aromatic heterocycles. The maximum absolute atomic E-state index is 13.0. The van der Waals surface area contributed by atoms with Gasteiger partial charge in [-0.2, -0.15) is 0 Å². The molecular weight excluding hydrogens is 394 g/mol. The van der Waals surface area contributed by atoms with Crippen LogP contribution < -0.4 is 0 Å². The van der Waals surface area contributed by atoms with Crippen molar-refractivity contribution < 1.29 is 4.79 Å². The van der Waals surface area contributed by atoms with E-state index in [4.69, 9.17) is 0 Å². The first-order chi connectivity index (χ1) is 14.6. The number of piperidine rings is 1. The van der Waals surface area contributed by atoms with Crippen molar-refractivity contribution in [1.29, 1.82) is 0 Å². The minimum atomic E-state index is -0.206. The fourth-order valence-electron chi connectivity index (χ4n) is 3.69. The molecule has 1 unspecified atom stereocenters. The number of pyridine rings is 1. The number of hydrogen-bond acceptors (Lipinski definition) is 5. The summed E-state index contributed by atoms with van der Waals surface area (Å²) in [5.74, 6) is 1.68. The van der Waals surface area contributed by atoms with Gasteiger partial charge in [0, 0.05) is 31.0 Å². The molecule has 0 aliphatic carbocycles. The van der Waals surface area contributed by atoms with Crippen molar-refractivity contribution >= 4 is 17.7 Å². The molecule has 1 fully saturated rings. The number of amides is 1. The fraction of sp³-hybridized carbons (Fsp3) is 0.391. The van der Waals surface area contributed by atoms with Gasteiger partial charge in [0.15, 0.2) is 11.0 Å². The van der Waals surface area contributed by atoms with Crippen LogP contribution in [0.2, 0.25) is 0 Å². The van der Waals surface area contributed by atoms with Crippen molar-refractivity contribution in [2.45, 2.75) is 43.6 Å². The monoisotopic (exact) mass is 421 g/mol. The van der Waals surface area contributed by atoms with E-state index in [2.05, 4.69) is 38.8 Å². The van der Waals surface area contributed by atoms with Crippen molar-refractivity contribution in [2.75, 3.05) is 13.1 Å². The average molecular weight is 422 g/mol. The number of thioether (sulfide) groups is 1. The molecule has 0 radical (unpaired) electrons. The van der Waals surface area contributed by atoms with E-state index >= 15 is 0 Å². The molecule has 1 aliphatic rings. The zero-order valence-electron chi connectivity index (χ0n) is 17.4. The van der Waals surface area contributed by atoms with Crippen molar-refractivity contribution in [3.05, 3.63) is 60.4 Å². The number of hydrogen-bond donors (Lipinski definition) is 0. The van der Waals surface area contributed by atoms with Gasteiger partial charge < -0.3 is 4.90 Å². The summed E-state index contributed by atoms with van der Waals surface area (Å²) in [6.45, 7) is 6.58. The molecule has 30 heavy (non-hydrogen) atoms. The highest BCUT2D eigenvalue weighted by atomic mass is 32.2. The van der Waals surface area contributed by atoms with Crippen LogP contribution in [0.1, 0.15) is 32.3 Å². The number of aromatic nitrogens is 4. The number of likely N-dealkylation sites (tertiary alicyclic amines) is 1.